The van der Waals surface area contributed by atoms with Crippen molar-refractivity contribution < 1.29 is 4.79 Å². The predicted octanol–water partition coefficient (Wildman–Crippen LogP) is 5.22. The molecular weight excluding hydrogens is 426 g/mol. The van der Waals surface area contributed by atoms with Crippen LogP contribution in [0.2, 0.25) is 0 Å². The smallest absolute Gasteiger partial charge is 0.323 e. The van der Waals surface area contributed by atoms with Crippen molar-refractivity contribution in [2.75, 3.05) is 10.6 Å². The maximum atomic E-state index is 12.3. The molecule has 8 nitrogen and oxygen atoms in total. The van der Waals surface area contributed by atoms with Gasteiger partial charge < -0.3 is 21.4 Å². The fourth-order valence-electron chi connectivity index (χ4n) is 3.95. The largest absolute Gasteiger partial charge is 0.342 e. The average molecular weight is 452 g/mol. The highest BCUT2D eigenvalue weighted by Gasteiger charge is 2.17. The van der Waals surface area contributed by atoms with E-state index in [4.69, 9.17) is 10.8 Å². The summed E-state index contributed by atoms with van der Waals surface area (Å²) in [5.41, 5.74) is 12.9. The van der Waals surface area contributed by atoms with E-state index in [1.54, 1.807) is 6.20 Å². The summed E-state index contributed by atoms with van der Waals surface area (Å²) in [7, 11) is 0. The van der Waals surface area contributed by atoms with Crippen molar-refractivity contribution in [3.05, 3.63) is 84.8 Å². The second kappa shape index (κ2) is 9.21. The monoisotopic (exact) mass is 451 g/mol. The highest BCUT2D eigenvalue weighted by Crippen LogP contribution is 2.35. The molecule has 5 rings (SSSR count). The summed E-state index contributed by atoms with van der Waals surface area (Å²) >= 11 is 0. The molecule has 3 heterocycles. The number of carbonyl (C=O) groups is 1. The SMILES string of the molecule is CCn1cc(-c2ccnc3[nH]c(CN)cc23)c(-c2ccc(NC(=O)Nc3ccccc3)cc2)n1. The number of anilines is 2. The van der Waals surface area contributed by atoms with Gasteiger partial charge in [-0.15, -0.1) is 0 Å². The van der Waals surface area contributed by atoms with Crippen molar-refractivity contribution >= 4 is 28.4 Å². The summed E-state index contributed by atoms with van der Waals surface area (Å²) in [5.74, 6) is 0. The zero-order valence-corrected chi connectivity index (χ0v) is 18.7. The van der Waals surface area contributed by atoms with E-state index in [-0.39, 0.29) is 6.03 Å². The third kappa shape index (κ3) is 4.26. The molecule has 0 aliphatic heterocycles. The first-order valence-corrected chi connectivity index (χ1v) is 11.1. The minimum Gasteiger partial charge on any atom is -0.342 e. The Morgan fingerprint density at radius 3 is 2.44 bits per heavy atom. The van der Waals surface area contributed by atoms with Gasteiger partial charge in [0.25, 0.3) is 0 Å². The Labute approximate surface area is 196 Å². The van der Waals surface area contributed by atoms with Crippen LogP contribution < -0.4 is 16.4 Å². The first-order valence-electron chi connectivity index (χ1n) is 11.1. The number of rotatable bonds is 6. The number of urea groups is 1. The fraction of sp³-hybridized carbons (Fsp3) is 0.115. The third-order valence-corrected chi connectivity index (χ3v) is 5.63. The van der Waals surface area contributed by atoms with Crippen LogP contribution in [-0.2, 0) is 13.1 Å². The van der Waals surface area contributed by atoms with E-state index in [0.29, 0.717) is 12.2 Å². The van der Waals surface area contributed by atoms with E-state index in [9.17, 15) is 4.79 Å². The van der Waals surface area contributed by atoms with Crippen molar-refractivity contribution in [3.8, 4) is 22.4 Å². The second-order valence-electron chi connectivity index (χ2n) is 7.89. The van der Waals surface area contributed by atoms with Gasteiger partial charge in [0.2, 0.25) is 0 Å². The molecule has 34 heavy (non-hydrogen) atoms. The topological polar surface area (TPSA) is 114 Å². The Kier molecular flexibility index (Phi) is 5.80. The first kappa shape index (κ1) is 21.4. The molecule has 170 valence electrons. The molecule has 3 aromatic heterocycles. The molecule has 5 N–H and O–H groups in total. The number of hydrogen-bond acceptors (Lipinski definition) is 4. The molecule has 5 aromatic rings. The molecule has 0 unspecified atom stereocenters. The molecule has 0 aliphatic rings. The minimum atomic E-state index is -0.294. The highest BCUT2D eigenvalue weighted by molar-refractivity contribution is 6.00. The van der Waals surface area contributed by atoms with Crippen LogP contribution in [-0.4, -0.2) is 25.8 Å². The molecule has 0 saturated carbocycles. The lowest BCUT2D eigenvalue weighted by atomic mass is 10.00. The van der Waals surface area contributed by atoms with Crippen LogP contribution in [0.5, 0.6) is 0 Å². The summed E-state index contributed by atoms with van der Waals surface area (Å²) in [6.45, 7) is 3.23. The number of aryl methyl sites for hydroxylation is 1. The number of nitrogens with zero attached hydrogens (tertiary/aromatic N) is 3. The number of pyridine rings is 1. The number of fused-ring (bicyclic) bond motifs is 1. The number of benzene rings is 2. The first-order chi connectivity index (χ1) is 16.6. The Morgan fingerprint density at radius 2 is 1.74 bits per heavy atom. The number of aromatic nitrogens is 4. The summed E-state index contributed by atoms with van der Waals surface area (Å²) in [4.78, 5) is 20.0. The number of para-hydroxylation sites is 1. The van der Waals surface area contributed by atoms with E-state index in [1.807, 2.05) is 71.4 Å². The quantitative estimate of drug-likeness (QED) is 0.283. The van der Waals surface area contributed by atoms with Crippen LogP contribution in [0, 0.1) is 0 Å². The molecule has 0 bridgehead atoms. The number of carbonyl (C=O) groups excluding carboxylic acids is 1. The van der Waals surface area contributed by atoms with E-state index in [1.165, 1.54) is 0 Å². The number of nitrogens with one attached hydrogen (secondary N) is 3. The Balaban J connectivity index is 1.44. The van der Waals surface area contributed by atoms with Crippen molar-refractivity contribution in [2.45, 2.75) is 20.0 Å². The van der Waals surface area contributed by atoms with Crippen molar-refractivity contribution in [1.82, 2.24) is 19.7 Å². The zero-order valence-electron chi connectivity index (χ0n) is 18.7. The van der Waals surface area contributed by atoms with Crippen LogP contribution >= 0.6 is 0 Å². The van der Waals surface area contributed by atoms with Gasteiger partial charge in [-0.2, -0.15) is 5.10 Å². The number of nitrogens with two attached hydrogens (primary N) is 1. The minimum absolute atomic E-state index is 0.294. The summed E-state index contributed by atoms with van der Waals surface area (Å²) in [6, 6.07) is 20.8. The predicted molar refractivity (Wildman–Crippen MR) is 135 cm³/mol. The van der Waals surface area contributed by atoms with E-state index in [0.717, 1.165) is 51.3 Å². The number of H-pyrrole nitrogens is 1. The van der Waals surface area contributed by atoms with E-state index < -0.39 is 0 Å². The number of amides is 2. The van der Waals surface area contributed by atoms with Crippen molar-refractivity contribution in [3.63, 3.8) is 0 Å². The molecular formula is C26H25N7O. The molecule has 8 heteroatoms. The van der Waals surface area contributed by atoms with Crippen LogP contribution in [0.25, 0.3) is 33.4 Å². The van der Waals surface area contributed by atoms with Crippen LogP contribution in [0.3, 0.4) is 0 Å². The summed E-state index contributed by atoms with van der Waals surface area (Å²) < 4.78 is 1.92. The molecule has 2 aromatic carbocycles. The van der Waals surface area contributed by atoms with Gasteiger partial charge in [-0.25, -0.2) is 9.78 Å². The summed E-state index contributed by atoms with van der Waals surface area (Å²) in [6.07, 6.45) is 3.85. The maximum Gasteiger partial charge on any atom is 0.323 e. The summed E-state index contributed by atoms with van der Waals surface area (Å²) in [5, 5.41) is 11.5. The molecule has 0 aliphatic carbocycles. The number of aromatic amines is 1. The lowest BCUT2D eigenvalue weighted by Crippen LogP contribution is -2.19. The van der Waals surface area contributed by atoms with Gasteiger partial charge in [0.05, 0.1) is 0 Å². The van der Waals surface area contributed by atoms with Crippen LogP contribution in [0.15, 0.2) is 79.1 Å². The Hall–Kier alpha value is -4.43. The van der Waals surface area contributed by atoms with Gasteiger partial charge >= 0.3 is 6.03 Å². The van der Waals surface area contributed by atoms with E-state index >= 15 is 0 Å². The Bertz CT molecular complexity index is 1440. The van der Waals surface area contributed by atoms with Gasteiger partial charge in [-0.05, 0) is 48.9 Å². The van der Waals surface area contributed by atoms with Gasteiger partial charge in [-0.3, -0.25) is 4.68 Å². The second-order valence-corrected chi connectivity index (χ2v) is 7.89. The molecule has 0 atom stereocenters. The lowest BCUT2D eigenvalue weighted by molar-refractivity contribution is 0.262. The van der Waals surface area contributed by atoms with E-state index in [2.05, 4.69) is 33.7 Å². The standard InChI is InChI=1S/C26H25N7O/c1-2-33-16-23(21-12-13-28-25-22(21)14-20(15-27)29-25)24(32-33)17-8-10-19(11-9-17)31-26(34)30-18-6-4-3-5-7-18/h3-14,16H,2,15,27H2,1H3,(H,28,29)(H2,30,31,34). The zero-order chi connectivity index (χ0) is 23.5. The highest BCUT2D eigenvalue weighted by atomic mass is 16.2. The van der Waals surface area contributed by atoms with Gasteiger partial charge in [-0.1, -0.05) is 30.3 Å². The van der Waals surface area contributed by atoms with Crippen LogP contribution in [0.4, 0.5) is 16.2 Å². The van der Waals surface area contributed by atoms with Gasteiger partial charge in [0, 0.05) is 59.1 Å². The molecule has 0 radical (unpaired) electrons. The van der Waals surface area contributed by atoms with Crippen molar-refractivity contribution in [2.24, 2.45) is 5.73 Å². The molecule has 0 saturated heterocycles. The molecule has 0 spiro atoms. The fourth-order valence-corrected chi connectivity index (χ4v) is 3.95. The lowest BCUT2D eigenvalue weighted by Gasteiger charge is -2.09. The Morgan fingerprint density at radius 1 is 1.00 bits per heavy atom. The normalized spacial score (nSPS) is 11.0. The van der Waals surface area contributed by atoms with Crippen molar-refractivity contribution in [1.29, 1.82) is 0 Å². The average Bonchev–Trinajstić information content (AvgIpc) is 3.49. The number of hydrogen-bond donors (Lipinski definition) is 4. The van der Waals surface area contributed by atoms with Gasteiger partial charge in [0.1, 0.15) is 11.3 Å². The van der Waals surface area contributed by atoms with Gasteiger partial charge in [0.15, 0.2) is 0 Å². The third-order valence-electron chi connectivity index (χ3n) is 5.63. The maximum absolute atomic E-state index is 12.3. The molecule has 0 fully saturated rings. The molecule has 2 amide bonds. The van der Waals surface area contributed by atoms with Crippen LogP contribution in [0.1, 0.15) is 12.6 Å².